The normalized spacial score (nSPS) is 12.6. The number of hydrogen-bond acceptors (Lipinski definition) is 2. The molecule has 8 heavy (non-hydrogen) atoms. The molecule has 0 radical (unpaired) electrons. The summed E-state index contributed by atoms with van der Waals surface area (Å²) in [6.07, 6.45) is 4.46. The van der Waals surface area contributed by atoms with E-state index in [-0.39, 0.29) is 0 Å². The third kappa shape index (κ3) is 2.50. The minimum atomic E-state index is 0.299. The highest BCUT2D eigenvalue weighted by Gasteiger charge is 1.96. The summed E-state index contributed by atoms with van der Waals surface area (Å²) in [6.45, 7) is 2.03. The largest absolute Gasteiger partial charge is 0.313 e. The third-order valence-electron chi connectivity index (χ3n) is 1.18. The molecule has 0 aromatic carbocycles. The van der Waals surface area contributed by atoms with Gasteiger partial charge in [-0.2, -0.15) is 0 Å². The smallest absolute Gasteiger partial charge is 0.00132 e. The van der Waals surface area contributed by atoms with E-state index in [9.17, 15) is 0 Å². The van der Waals surface area contributed by atoms with Gasteiger partial charge in [0.2, 0.25) is 0 Å². The van der Waals surface area contributed by atoms with Crippen LogP contribution in [0.1, 0.15) is 19.8 Å². The predicted octanol–water partition coefficient (Wildman–Crippen LogP) is 1.70. The summed E-state index contributed by atoms with van der Waals surface area (Å²) in [4.78, 5) is 0. The van der Waals surface area contributed by atoms with E-state index in [0.717, 1.165) is 12.8 Å². The summed E-state index contributed by atoms with van der Waals surface area (Å²) >= 11 is 0. The summed E-state index contributed by atoms with van der Waals surface area (Å²) in [7, 11) is 0. The quantitative estimate of drug-likeness (QED) is 0.520. The van der Waals surface area contributed by atoms with Crippen molar-refractivity contribution in [1.29, 1.82) is 10.8 Å². The van der Waals surface area contributed by atoms with Crippen molar-refractivity contribution in [3.05, 3.63) is 0 Å². The van der Waals surface area contributed by atoms with Gasteiger partial charge in [0.25, 0.3) is 0 Å². The van der Waals surface area contributed by atoms with Gasteiger partial charge in [-0.15, -0.1) is 0 Å². The van der Waals surface area contributed by atoms with Crippen molar-refractivity contribution in [3.8, 4) is 0 Å². The van der Waals surface area contributed by atoms with Crippen LogP contribution in [0.2, 0.25) is 0 Å². The van der Waals surface area contributed by atoms with Gasteiger partial charge in [0.05, 0.1) is 0 Å². The maximum atomic E-state index is 6.83. The summed E-state index contributed by atoms with van der Waals surface area (Å²) < 4.78 is 0. The second kappa shape index (κ2) is 4.50. The summed E-state index contributed by atoms with van der Waals surface area (Å²) in [6, 6.07) is 0. The van der Waals surface area contributed by atoms with Gasteiger partial charge in [-0.05, 0) is 31.2 Å². The van der Waals surface area contributed by atoms with Crippen molar-refractivity contribution in [2.24, 2.45) is 5.92 Å². The van der Waals surface area contributed by atoms with Gasteiger partial charge in [-0.25, -0.2) is 0 Å². The fourth-order valence-corrected chi connectivity index (χ4v) is 0.504. The van der Waals surface area contributed by atoms with Gasteiger partial charge in [0.1, 0.15) is 0 Å². The molecule has 1 atom stereocenters. The molecule has 0 fully saturated rings. The number of hydrogen-bond donors (Lipinski definition) is 2. The molecule has 0 saturated heterocycles. The van der Waals surface area contributed by atoms with Crippen molar-refractivity contribution in [1.82, 2.24) is 0 Å². The van der Waals surface area contributed by atoms with Crippen LogP contribution >= 0.6 is 0 Å². The second-order valence-corrected chi connectivity index (χ2v) is 1.77. The van der Waals surface area contributed by atoms with Crippen LogP contribution in [0, 0.1) is 16.7 Å². The van der Waals surface area contributed by atoms with Crippen LogP contribution in [-0.4, -0.2) is 12.4 Å². The van der Waals surface area contributed by atoms with E-state index in [0.29, 0.717) is 5.92 Å². The van der Waals surface area contributed by atoms with E-state index in [4.69, 9.17) is 10.8 Å². The molecule has 0 aliphatic carbocycles. The molecule has 0 bridgehead atoms. The van der Waals surface area contributed by atoms with Crippen molar-refractivity contribution >= 4 is 12.4 Å². The zero-order valence-electron chi connectivity index (χ0n) is 5.15. The van der Waals surface area contributed by atoms with E-state index >= 15 is 0 Å². The minimum Gasteiger partial charge on any atom is -0.313 e. The molecule has 0 aromatic rings. The lowest BCUT2D eigenvalue weighted by Crippen LogP contribution is -1.98. The molecule has 0 aromatic heterocycles. The Morgan fingerprint density at radius 2 is 2.12 bits per heavy atom. The third-order valence-corrected chi connectivity index (χ3v) is 1.18. The van der Waals surface area contributed by atoms with Gasteiger partial charge < -0.3 is 10.8 Å². The molecule has 0 rings (SSSR count). The first-order valence-corrected chi connectivity index (χ1v) is 2.84. The molecular weight excluding hydrogens is 100 g/mol. The first-order chi connectivity index (χ1) is 3.85. The molecule has 0 amide bonds. The molecule has 0 aliphatic heterocycles. The first kappa shape index (κ1) is 7.34. The Morgan fingerprint density at radius 3 is 2.25 bits per heavy atom. The molecule has 2 N–H and O–H groups in total. The lowest BCUT2D eigenvalue weighted by molar-refractivity contribution is 0.710. The Hall–Kier alpha value is -0.660. The predicted molar refractivity (Wildman–Crippen MR) is 36.0 cm³/mol. The average molecular weight is 112 g/mol. The second-order valence-electron chi connectivity index (χ2n) is 1.77. The van der Waals surface area contributed by atoms with Gasteiger partial charge in [-0.1, -0.05) is 6.92 Å². The number of rotatable bonds is 4. The van der Waals surface area contributed by atoms with Crippen LogP contribution in [0.3, 0.4) is 0 Å². The molecule has 0 spiro atoms. The van der Waals surface area contributed by atoms with E-state index in [1.165, 1.54) is 12.4 Å². The summed E-state index contributed by atoms with van der Waals surface area (Å²) in [5.41, 5.74) is 0. The molecular formula is C6H12N2. The van der Waals surface area contributed by atoms with Gasteiger partial charge in [0.15, 0.2) is 0 Å². The van der Waals surface area contributed by atoms with Gasteiger partial charge in [0, 0.05) is 0 Å². The SMILES string of the molecule is CCC(C=N)CC=N. The van der Waals surface area contributed by atoms with Crippen molar-refractivity contribution in [2.45, 2.75) is 19.8 Å². The highest BCUT2D eigenvalue weighted by molar-refractivity contribution is 5.64. The Morgan fingerprint density at radius 1 is 1.50 bits per heavy atom. The van der Waals surface area contributed by atoms with Crippen LogP contribution in [0.25, 0.3) is 0 Å². The fourth-order valence-electron chi connectivity index (χ4n) is 0.504. The summed E-state index contributed by atoms with van der Waals surface area (Å²) in [5, 5.41) is 13.5. The standard InChI is InChI=1S/C6H12N2/c1-2-6(5-8)3-4-7/h4-8H,2-3H2,1H3. The molecule has 46 valence electrons. The lowest BCUT2D eigenvalue weighted by Gasteiger charge is -2.00. The van der Waals surface area contributed by atoms with Crippen molar-refractivity contribution in [2.75, 3.05) is 0 Å². The molecule has 0 saturated carbocycles. The lowest BCUT2D eigenvalue weighted by atomic mass is 10.1. The maximum absolute atomic E-state index is 6.83. The average Bonchev–Trinajstić information content (AvgIpc) is 1.83. The van der Waals surface area contributed by atoms with Gasteiger partial charge >= 0.3 is 0 Å². The topological polar surface area (TPSA) is 47.7 Å². The van der Waals surface area contributed by atoms with E-state index in [2.05, 4.69) is 0 Å². The van der Waals surface area contributed by atoms with Crippen LogP contribution < -0.4 is 0 Å². The van der Waals surface area contributed by atoms with Crippen LogP contribution in [0.4, 0.5) is 0 Å². The summed E-state index contributed by atoms with van der Waals surface area (Å²) in [5.74, 6) is 0.299. The Balaban J connectivity index is 3.35. The zero-order chi connectivity index (χ0) is 6.41. The number of nitrogens with one attached hydrogen (secondary N) is 2. The first-order valence-electron chi connectivity index (χ1n) is 2.84. The molecule has 2 heteroatoms. The van der Waals surface area contributed by atoms with Crippen LogP contribution in [0.15, 0.2) is 0 Å². The van der Waals surface area contributed by atoms with Crippen molar-refractivity contribution < 1.29 is 0 Å². The van der Waals surface area contributed by atoms with Crippen molar-refractivity contribution in [3.63, 3.8) is 0 Å². The monoisotopic (exact) mass is 112 g/mol. The Labute approximate surface area is 49.9 Å². The molecule has 0 aliphatic rings. The highest BCUT2D eigenvalue weighted by Crippen LogP contribution is 2.00. The van der Waals surface area contributed by atoms with Crippen LogP contribution in [-0.2, 0) is 0 Å². The van der Waals surface area contributed by atoms with Gasteiger partial charge in [-0.3, -0.25) is 0 Å². The zero-order valence-corrected chi connectivity index (χ0v) is 5.15. The van der Waals surface area contributed by atoms with Crippen LogP contribution in [0.5, 0.6) is 0 Å². The van der Waals surface area contributed by atoms with E-state index in [1.54, 1.807) is 0 Å². The Bertz CT molecular complexity index is 78.6. The fraction of sp³-hybridized carbons (Fsp3) is 0.667. The van der Waals surface area contributed by atoms with E-state index in [1.807, 2.05) is 6.92 Å². The van der Waals surface area contributed by atoms with E-state index < -0.39 is 0 Å². The maximum Gasteiger partial charge on any atom is -0.00132 e. The highest BCUT2D eigenvalue weighted by atomic mass is 14.4. The Kier molecular flexibility index (Phi) is 4.13. The molecule has 1 unspecified atom stereocenters. The molecule has 2 nitrogen and oxygen atoms in total. The minimum absolute atomic E-state index is 0.299. The molecule has 0 heterocycles.